The van der Waals surface area contributed by atoms with E-state index >= 15 is 0 Å². The molecule has 0 aliphatic carbocycles. The van der Waals surface area contributed by atoms with Gasteiger partial charge in [0.2, 0.25) is 0 Å². The zero-order valence-electron chi connectivity index (χ0n) is 20.0. The summed E-state index contributed by atoms with van der Waals surface area (Å²) >= 11 is 0. The van der Waals surface area contributed by atoms with Crippen LogP contribution in [0.15, 0.2) is 48.0 Å². The highest BCUT2D eigenvalue weighted by atomic mass is 16.5. The number of rotatable bonds is 11. The normalized spacial score (nSPS) is 17.3. The van der Waals surface area contributed by atoms with Gasteiger partial charge < -0.3 is 24.6 Å². The SMILES string of the molecule is CCCCCOc1ccc(/C(O)=C2/C(=O)C(=O)N(CCCC)C2c2ccc(OC)c(O)c2)cc1. The van der Waals surface area contributed by atoms with E-state index in [1.165, 1.54) is 18.1 Å². The van der Waals surface area contributed by atoms with Crippen LogP contribution in [0.2, 0.25) is 0 Å². The fraction of sp³-hybridized carbons (Fsp3) is 0.407. The third kappa shape index (κ3) is 5.35. The number of hydrogen-bond donors (Lipinski definition) is 2. The molecule has 0 radical (unpaired) electrons. The molecule has 1 heterocycles. The van der Waals surface area contributed by atoms with Crippen LogP contribution < -0.4 is 9.47 Å². The number of ether oxygens (including phenoxy) is 2. The molecule has 1 atom stereocenters. The number of aliphatic hydroxyl groups is 1. The summed E-state index contributed by atoms with van der Waals surface area (Å²) < 4.78 is 10.8. The lowest BCUT2D eigenvalue weighted by molar-refractivity contribution is -0.139. The Balaban J connectivity index is 1.99. The van der Waals surface area contributed by atoms with Gasteiger partial charge >= 0.3 is 0 Å². The van der Waals surface area contributed by atoms with E-state index in [4.69, 9.17) is 9.47 Å². The van der Waals surface area contributed by atoms with Crippen molar-refractivity contribution in [2.24, 2.45) is 0 Å². The topological polar surface area (TPSA) is 96.3 Å². The molecule has 1 saturated heterocycles. The lowest BCUT2D eigenvalue weighted by Crippen LogP contribution is -2.30. The number of hydrogen-bond acceptors (Lipinski definition) is 6. The number of aromatic hydroxyl groups is 1. The molecule has 0 spiro atoms. The van der Waals surface area contributed by atoms with Gasteiger partial charge in [-0.05, 0) is 54.8 Å². The van der Waals surface area contributed by atoms with Crippen molar-refractivity contribution in [3.05, 3.63) is 59.2 Å². The molecule has 0 saturated carbocycles. The number of nitrogens with zero attached hydrogens (tertiary/aromatic N) is 1. The number of phenolic OH excluding ortho intramolecular Hbond substituents is 1. The van der Waals surface area contributed by atoms with Crippen molar-refractivity contribution in [2.75, 3.05) is 20.3 Å². The minimum atomic E-state index is -0.812. The number of ketones is 1. The number of unbranched alkanes of at least 4 members (excludes halogenated alkanes) is 3. The van der Waals surface area contributed by atoms with Crippen LogP contribution in [0.25, 0.3) is 5.76 Å². The van der Waals surface area contributed by atoms with Crippen molar-refractivity contribution < 1.29 is 29.3 Å². The Bertz CT molecular complexity index is 1040. The van der Waals surface area contributed by atoms with Crippen LogP contribution >= 0.6 is 0 Å². The fourth-order valence-corrected chi connectivity index (χ4v) is 4.07. The number of aliphatic hydroxyl groups excluding tert-OH is 1. The third-order valence-electron chi connectivity index (χ3n) is 5.96. The van der Waals surface area contributed by atoms with Crippen LogP contribution in [-0.2, 0) is 9.59 Å². The number of Topliss-reactive ketones (excluding diaryl/α,β-unsaturated/α-hetero) is 1. The van der Waals surface area contributed by atoms with Crippen molar-refractivity contribution >= 4 is 17.4 Å². The van der Waals surface area contributed by atoms with Gasteiger partial charge in [0.05, 0.1) is 25.3 Å². The molecule has 1 aliphatic rings. The van der Waals surface area contributed by atoms with Crippen LogP contribution in [0.5, 0.6) is 17.2 Å². The van der Waals surface area contributed by atoms with Crippen molar-refractivity contribution in [1.82, 2.24) is 4.90 Å². The van der Waals surface area contributed by atoms with Crippen molar-refractivity contribution in [3.63, 3.8) is 0 Å². The first-order valence-corrected chi connectivity index (χ1v) is 11.8. The Morgan fingerprint density at radius 3 is 2.32 bits per heavy atom. The molecule has 2 aromatic rings. The number of phenols is 1. The molecule has 7 nitrogen and oxygen atoms in total. The highest BCUT2D eigenvalue weighted by Crippen LogP contribution is 2.41. The zero-order valence-corrected chi connectivity index (χ0v) is 20.0. The maximum atomic E-state index is 13.0. The molecular formula is C27H33NO6. The monoisotopic (exact) mass is 467 g/mol. The molecule has 3 rings (SSSR count). The van der Waals surface area contributed by atoms with Gasteiger partial charge in [-0.25, -0.2) is 0 Å². The van der Waals surface area contributed by atoms with Gasteiger partial charge in [0, 0.05) is 12.1 Å². The van der Waals surface area contributed by atoms with E-state index in [1.807, 2.05) is 6.92 Å². The van der Waals surface area contributed by atoms with E-state index in [0.717, 1.165) is 25.7 Å². The maximum Gasteiger partial charge on any atom is 0.295 e. The van der Waals surface area contributed by atoms with Crippen LogP contribution in [0.1, 0.15) is 63.1 Å². The summed E-state index contributed by atoms with van der Waals surface area (Å²) in [5.74, 6) is -0.808. The molecule has 1 aliphatic heterocycles. The van der Waals surface area contributed by atoms with Crippen molar-refractivity contribution in [1.29, 1.82) is 0 Å². The van der Waals surface area contributed by atoms with E-state index in [-0.39, 0.29) is 22.8 Å². The number of benzene rings is 2. The van der Waals surface area contributed by atoms with E-state index < -0.39 is 17.7 Å². The van der Waals surface area contributed by atoms with Crippen LogP contribution in [0.3, 0.4) is 0 Å². The number of amides is 1. The predicted octanol–water partition coefficient (Wildman–Crippen LogP) is 5.19. The summed E-state index contributed by atoms with van der Waals surface area (Å²) in [6.07, 6.45) is 4.71. The average molecular weight is 468 g/mol. The Kier molecular flexibility index (Phi) is 8.57. The first-order chi connectivity index (χ1) is 16.4. The van der Waals surface area contributed by atoms with E-state index in [0.29, 0.717) is 36.4 Å². The smallest absolute Gasteiger partial charge is 0.295 e. The average Bonchev–Trinajstić information content (AvgIpc) is 3.10. The van der Waals surface area contributed by atoms with E-state index in [2.05, 4.69) is 6.92 Å². The van der Waals surface area contributed by atoms with Crippen LogP contribution in [0, 0.1) is 0 Å². The molecule has 34 heavy (non-hydrogen) atoms. The van der Waals surface area contributed by atoms with Gasteiger partial charge in [-0.15, -0.1) is 0 Å². The second kappa shape index (κ2) is 11.6. The van der Waals surface area contributed by atoms with E-state index in [9.17, 15) is 19.8 Å². The third-order valence-corrected chi connectivity index (χ3v) is 5.96. The zero-order chi connectivity index (χ0) is 24.7. The van der Waals surface area contributed by atoms with Gasteiger partial charge in [0.15, 0.2) is 11.5 Å². The maximum absolute atomic E-state index is 13.0. The lowest BCUT2D eigenvalue weighted by Gasteiger charge is -2.25. The molecule has 2 aromatic carbocycles. The fourth-order valence-electron chi connectivity index (χ4n) is 4.07. The van der Waals surface area contributed by atoms with Gasteiger partial charge in [0.1, 0.15) is 11.5 Å². The summed E-state index contributed by atoms with van der Waals surface area (Å²) in [5.41, 5.74) is 0.936. The molecule has 1 fully saturated rings. The Labute approximate surface area is 200 Å². The highest BCUT2D eigenvalue weighted by molar-refractivity contribution is 6.46. The largest absolute Gasteiger partial charge is 0.507 e. The Morgan fingerprint density at radius 2 is 1.71 bits per heavy atom. The summed E-state index contributed by atoms with van der Waals surface area (Å²) in [5, 5.41) is 21.5. The summed E-state index contributed by atoms with van der Waals surface area (Å²) in [7, 11) is 1.44. The summed E-state index contributed by atoms with van der Waals surface area (Å²) in [4.78, 5) is 27.4. The number of likely N-dealkylation sites (tertiary alicyclic amines) is 1. The van der Waals surface area contributed by atoms with Gasteiger partial charge in [-0.3, -0.25) is 9.59 Å². The molecule has 2 N–H and O–H groups in total. The predicted molar refractivity (Wildman–Crippen MR) is 130 cm³/mol. The summed E-state index contributed by atoms with van der Waals surface area (Å²) in [6, 6.07) is 10.7. The van der Waals surface area contributed by atoms with Crippen molar-refractivity contribution in [3.8, 4) is 17.2 Å². The highest BCUT2D eigenvalue weighted by Gasteiger charge is 2.45. The molecule has 182 valence electrons. The summed E-state index contributed by atoms with van der Waals surface area (Å²) in [6.45, 7) is 5.10. The second-order valence-corrected chi connectivity index (χ2v) is 8.36. The lowest BCUT2D eigenvalue weighted by atomic mass is 9.95. The molecular weight excluding hydrogens is 434 g/mol. The van der Waals surface area contributed by atoms with Gasteiger partial charge in [-0.1, -0.05) is 39.2 Å². The number of carbonyl (C=O) groups excluding carboxylic acids is 2. The molecule has 7 heteroatoms. The molecule has 0 bridgehead atoms. The number of methoxy groups -OCH3 is 1. The first-order valence-electron chi connectivity index (χ1n) is 11.8. The number of carbonyl (C=O) groups is 2. The van der Waals surface area contributed by atoms with Crippen LogP contribution in [0.4, 0.5) is 0 Å². The second-order valence-electron chi connectivity index (χ2n) is 8.36. The molecule has 0 aromatic heterocycles. The van der Waals surface area contributed by atoms with Gasteiger partial charge in [0.25, 0.3) is 11.7 Å². The first kappa shape index (κ1) is 25.1. The van der Waals surface area contributed by atoms with Gasteiger partial charge in [-0.2, -0.15) is 0 Å². The van der Waals surface area contributed by atoms with E-state index in [1.54, 1.807) is 36.4 Å². The minimum absolute atomic E-state index is 0.00211. The molecule has 1 amide bonds. The Morgan fingerprint density at radius 1 is 1.00 bits per heavy atom. The molecule has 1 unspecified atom stereocenters. The van der Waals surface area contributed by atoms with Crippen LogP contribution in [-0.4, -0.2) is 47.1 Å². The standard InChI is InChI=1S/C27H33NO6/c1-4-6-8-16-34-20-12-9-18(10-13-20)25(30)23-24(19-11-14-22(33-3)21(29)17-19)28(15-7-5-2)27(32)26(23)31/h9-14,17,24,29-30H,4-8,15-16H2,1-3H3/b25-23-. The Hall–Kier alpha value is -3.48. The van der Waals surface area contributed by atoms with Crippen molar-refractivity contribution in [2.45, 2.75) is 52.0 Å². The minimum Gasteiger partial charge on any atom is -0.507 e. The quantitative estimate of drug-likeness (QED) is 0.204.